The van der Waals surface area contributed by atoms with Gasteiger partial charge in [0.1, 0.15) is 6.33 Å². The van der Waals surface area contributed by atoms with E-state index in [9.17, 15) is 8.42 Å². The maximum atomic E-state index is 12.4. The summed E-state index contributed by atoms with van der Waals surface area (Å²) >= 11 is 0. The van der Waals surface area contributed by atoms with E-state index >= 15 is 0 Å². The lowest BCUT2D eigenvalue weighted by Gasteiger charge is -2.10. The number of nitrogens with one attached hydrogen (secondary N) is 1. The van der Waals surface area contributed by atoms with E-state index in [0.29, 0.717) is 23.4 Å². The normalized spacial score (nSPS) is 11.6. The van der Waals surface area contributed by atoms with Gasteiger partial charge in [-0.1, -0.05) is 42.5 Å². The third-order valence-electron chi connectivity index (χ3n) is 4.10. The molecule has 4 rings (SSSR count). The topological polar surface area (TPSA) is 89.2 Å². The molecule has 0 aliphatic carbocycles. The molecule has 136 valence electrons. The zero-order chi connectivity index (χ0) is 18.7. The molecular formula is C19H17N5O2S. The molecule has 0 atom stereocenters. The van der Waals surface area contributed by atoms with Crippen molar-refractivity contribution in [2.75, 3.05) is 10.5 Å². The minimum atomic E-state index is -3.45. The Kier molecular flexibility index (Phi) is 4.55. The van der Waals surface area contributed by atoms with E-state index in [4.69, 9.17) is 0 Å². The van der Waals surface area contributed by atoms with Gasteiger partial charge in [-0.25, -0.2) is 8.42 Å². The van der Waals surface area contributed by atoms with Gasteiger partial charge >= 0.3 is 0 Å². The van der Waals surface area contributed by atoms with Crippen LogP contribution in [-0.2, 0) is 16.4 Å². The van der Waals surface area contributed by atoms with E-state index in [0.717, 1.165) is 11.1 Å². The van der Waals surface area contributed by atoms with E-state index in [1.54, 1.807) is 22.7 Å². The third-order valence-corrected chi connectivity index (χ3v) is 5.38. The van der Waals surface area contributed by atoms with Crippen molar-refractivity contribution in [1.82, 2.24) is 19.8 Å². The number of sulfonamides is 1. The largest absolute Gasteiger partial charge is 0.284 e. The molecule has 2 heterocycles. The van der Waals surface area contributed by atoms with Crippen LogP contribution in [0.3, 0.4) is 0 Å². The molecule has 4 aromatic rings. The van der Waals surface area contributed by atoms with Gasteiger partial charge in [0.25, 0.3) is 0 Å². The van der Waals surface area contributed by atoms with Gasteiger partial charge in [0.2, 0.25) is 10.0 Å². The molecule has 0 aliphatic heterocycles. The quantitative estimate of drug-likeness (QED) is 0.556. The fourth-order valence-corrected chi connectivity index (χ4v) is 3.84. The van der Waals surface area contributed by atoms with Gasteiger partial charge in [-0.2, -0.15) is 9.61 Å². The first kappa shape index (κ1) is 17.2. The van der Waals surface area contributed by atoms with Gasteiger partial charge in [-0.15, -0.1) is 10.2 Å². The Bertz CT molecular complexity index is 1170. The zero-order valence-corrected chi connectivity index (χ0v) is 15.2. The number of aryl methyl sites for hydroxylation is 1. The number of fused-ring (bicyclic) bond motifs is 1. The van der Waals surface area contributed by atoms with Crippen LogP contribution in [0.15, 0.2) is 73.1 Å². The lowest BCUT2D eigenvalue weighted by molar-refractivity contribution is 0.600. The maximum absolute atomic E-state index is 12.4. The number of hydrogen-bond acceptors (Lipinski definition) is 5. The number of benzene rings is 2. The van der Waals surface area contributed by atoms with Crippen LogP contribution in [0, 0.1) is 0 Å². The predicted molar refractivity (Wildman–Crippen MR) is 104 cm³/mol. The van der Waals surface area contributed by atoms with Crippen molar-refractivity contribution in [1.29, 1.82) is 0 Å². The molecule has 0 aliphatic rings. The minimum absolute atomic E-state index is 0.0200. The summed E-state index contributed by atoms with van der Waals surface area (Å²) in [5, 5.41) is 12.2. The van der Waals surface area contributed by atoms with E-state index in [2.05, 4.69) is 20.0 Å². The van der Waals surface area contributed by atoms with Crippen LogP contribution >= 0.6 is 0 Å². The summed E-state index contributed by atoms with van der Waals surface area (Å²) in [5.74, 6) is 0.0200. The molecule has 0 saturated carbocycles. The summed E-state index contributed by atoms with van der Waals surface area (Å²) in [6, 6.07) is 20.3. The van der Waals surface area contributed by atoms with Crippen molar-refractivity contribution in [2.24, 2.45) is 0 Å². The van der Waals surface area contributed by atoms with Gasteiger partial charge in [0, 0.05) is 11.3 Å². The van der Waals surface area contributed by atoms with Crippen LogP contribution in [-0.4, -0.2) is 34.0 Å². The van der Waals surface area contributed by atoms with Crippen LogP contribution in [0.25, 0.3) is 16.9 Å². The minimum Gasteiger partial charge on any atom is -0.284 e. The Hall–Kier alpha value is -3.26. The van der Waals surface area contributed by atoms with E-state index in [-0.39, 0.29) is 5.75 Å². The number of hydrogen-bond donors (Lipinski definition) is 1. The molecule has 0 radical (unpaired) electrons. The van der Waals surface area contributed by atoms with E-state index < -0.39 is 10.0 Å². The summed E-state index contributed by atoms with van der Waals surface area (Å²) < 4.78 is 29.0. The monoisotopic (exact) mass is 379 g/mol. The van der Waals surface area contributed by atoms with Crippen molar-refractivity contribution >= 4 is 21.4 Å². The summed E-state index contributed by atoms with van der Waals surface area (Å²) in [7, 11) is -3.45. The van der Waals surface area contributed by atoms with Crippen LogP contribution in [0.2, 0.25) is 0 Å². The second kappa shape index (κ2) is 7.16. The Labute approximate surface area is 156 Å². The number of aromatic nitrogens is 4. The molecule has 2 aromatic carbocycles. The van der Waals surface area contributed by atoms with Gasteiger partial charge in [0.15, 0.2) is 5.65 Å². The fourth-order valence-electron chi connectivity index (χ4n) is 2.75. The highest BCUT2D eigenvalue weighted by Crippen LogP contribution is 2.22. The van der Waals surface area contributed by atoms with Crippen LogP contribution in [0.5, 0.6) is 0 Å². The molecule has 7 nitrogen and oxygen atoms in total. The van der Waals surface area contributed by atoms with Crippen LogP contribution < -0.4 is 4.72 Å². The lowest BCUT2D eigenvalue weighted by Crippen LogP contribution is -2.18. The Balaban J connectivity index is 1.51. The van der Waals surface area contributed by atoms with Crippen molar-refractivity contribution in [3.05, 3.63) is 78.6 Å². The molecule has 2 aromatic heterocycles. The van der Waals surface area contributed by atoms with E-state index in [1.807, 2.05) is 48.5 Å². The summed E-state index contributed by atoms with van der Waals surface area (Å²) in [5.41, 5.74) is 3.65. The molecule has 8 heteroatoms. The molecule has 0 fully saturated rings. The first-order chi connectivity index (χ1) is 13.1. The number of anilines is 1. The average Bonchev–Trinajstić information content (AvgIpc) is 3.15. The highest BCUT2D eigenvalue weighted by molar-refractivity contribution is 7.92. The van der Waals surface area contributed by atoms with Crippen molar-refractivity contribution in [3.8, 4) is 11.3 Å². The van der Waals surface area contributed by atoms with Crippen molar-refractivity contribution < 1.29 is 8.42 Å². The molecule has 27 heavy (non-hydrogen) atoms. The Morgan fingerprint density at radius 3 is 2.67 bits per heavy atom. The smallest absolute Gasteiger partial charge is 0.233 e. The standard InChI is InChI=1S/C19H17N5O2S/c25-27(26,12-11-15-5-2-1-3-6-15)23-17-8-4-7-16(13-17)18-9-10-19-21-20-14-24(19)22-18/h1-10,13-14,23H,11-12H2. The van der Waals surface area contributed by atoms with Gasteiger partial charge in [0.05, 0.1) is 11.4 Å². The molecule has 0 bridgehead atoms. The molecule has 0 unspecified atom stereocenters. The van der Waals surface area contributed by atoms with Crippen molar-refractivity contribution in [3.63, 3.8) is 0 Å². The summed E-state index contributed by atoms with van der Waals surface area (Å²) in [6.45, 7) is 0. The fraction of sp³-hybridized carbons (Fsp3) is 0.105. The highest BCUT2D eigenvalue weighted by atomic mass is 32.2. The predicted octanol–water partition coefficient (Wildman–Crippen LogP) is 2.78. The van der Waals surface area contributed by atoms with Gasteiger partial charge < -0.3 is 0 Å². The number of rotatable bonds is 6. The maximum Gasteiger partial charge on any atom is 0.233 e. The molecule has 0 saturated heterocycles. The molecule has 0 amide bonds. The zero-order valence-electron chi connectivity index (χ0n) is 14.4. The van der Waals surface area contributed by atoms with Crippen molar-refractivity contribution in [2.45, 2.75) is 6.42 Å². The molecular weight excluding hydrogens is 362 g/mol. The van der Waals surface area contributed by atoms with E-state index in [1.165, 1.54) is 6.33 Å². The Morgan fingerprint density at radius 2 is 1.81 bits per heavy atom. The second-order valence-electron chi connectivity index (χ2n) is 6.09. The van der Waals surface area contributed by atoms with Crippen LogP contribution in [0.1, 0.15) is 5.56 Å². The van der Waals surface area contributed by atoms with Crippen LogP contribution in [0.4, 0.5) is 5.69 Å². The summed E-state index contributed by atoms with van der Waals surface area (Å²) in [4.78, 5) is 0. The molecule has 0 spiro atoms. The Morgan fingerprint density at radius 1 is 0.963 bits per heavy atom. The lowest BCUT2D eigenvalue weighted by atomic mass is 10.1. The van der Waals surface area contributed by atoms with Gasteiger partial charge in [-0.05, 0) is 36.2 Å². The highest BCUT2D eigenvalue weighted by Gasteiger charge is 2.12. The third kappa shape index (κ3) is 4.12. The number of nitrogens with zero attached hydrogens (tertiary/aromatic N) is 4. The first-order valence-corrected chi connectivity index (χ1v) is 10.1. The first-order valence-electron chi connectivity index (χ1n) is 8.41. The average molecular weight is 379 g/mol. The van der Waals surface area contributed by atoms with Gasteiger partial charge in [-0.3, -0.25) is 4.72 Å². The summed E-state index contributed by atoms with van der Waals surface area (Å²) in [6.07, 6.45) is 1.98. The SMILES string of the molecule is O=S(=O)(CCc1ccccc1)Nc1cccc(-c2ccc3nncn3n2)c1. The molecule has 1 N–H and O–H groups in total. The second-order valence-corrected chi connectivity index (χ2v) is 7.93.